The number of nitrogens with one attached hydrogen (secondary N) is 1. The Kier molecular flexibility index (Phi) is 4.94. The Morgan fingerprint density at radius 3 is 2.59 bits per heavy atom. The van der Waals surface area contributed by atoms with Crippen molar-refractivity contribution in [2.45, 2.75) is 40.2 Å². The Labute approximate surface area is 105 Å². The van der Waals surface area contributed by atoms with Crippen LogP contribution >= 0.6 is 0 Å². The maximum atomic E-state index is 5.61. The van der Waals surface area contributed by atoms with Crippen molar-refractivity contribution in [3.8, 4) is 5.75 Å². The highest BCUT2D eigenvalue weighted by atomic mass is 16.5. The average molecular weight is 236 g/mol. The molecular formula is C14H24N2O. The van der Waals surface area contributed by atoms with Crippen molar-refractivity contribution in [2.75, 3.05) is 13.7 Å². The van der Waals surface area contributed by atoms with Gasteiger partial charge in [0.15, 0.2) is 0 Å². The molecule has 1 aromatic heterocycles. The molecule has 1 rings (SSSR count). The van der Waals surface area contributed by atoms with Gasteiger partial charge in [-0.1, -0.05) is 27.7 Å². The molecular weight excluding hydrogens is 212 g/mol. The summed E-state index contributed by atoms with van der Waals surface area (Å²) in [7, 11) is 1.98. The molecule has 0 aromatic carbocycles. The molecule has 3 nitrogen and oxygen atoms in total. The Morgan fingerprint density at radius 1 is 1.35 bits per heavy atom. The summed E-state index contributed by atoms with van der Waals surface area (Å²) >= 11 is 0. The highest BCUT2D eigenvalue weighted by Crippen LogP contribution is 2.33. The van der Waals surface area contributed by atoms with E-state index >= 15 is 0 Å². The Morgan fingerprint density at radius 2 is 2.06 bits per heavy atom. The van der Waals surface area contributed by atoms with Crippen LogP contribution in [0.1, 0.15) is 45.7 Å². The predicted octanol–water partition coefficient (Wildman–Crippen LogP) is 3.18. The van der Waals surface area contributed by atoms with E-state index in [9.17, 15) is 0 Å². The Balaban J connectivity index is 2.89. The molecule has 96 valence electrons. The lowest BCUT2D eigenvalue weighted by atomic mass is 9.83. The van der Waals surface area contributed by atoms with Crippen molar-refractivity contribution in [3.05, 3.63) is 24.0 Å². The smallest absolute Gasteiger partial charge is 0.137 e. The van der Waals surface area contributed by atoms with Crippen molar-refractivity contribution in [3.63, 3.8) is 0 Å². The zero-order chi connectivity index (χ0) is 12.9. The quantitative estimate of drug-likeness (QED) is 0.852. The van der Waals surface area contributed by atoms with E-state index in [0.29, 0.717) is 0 Å². The van der Waals surface area contributed by atoms with Gasteiger partial charge in [-0.2, -0.15) is 0 Å². The summed E-state index contributed by atoms with van der Waals surface area (Å²) in [5.74, 6) is 0.855. The zero-order valence-electron chi connectivity index (χ0n) is 11.6. The van der Waals surface area contributed by atoms with Gasteiger partial charge < -0.3 is 10.1 Å². The number of ether oxygens (including phenoxy) is 1. The first-order valence-corrected chi connectivity index (χ1v) is 6.24. The van der Waals surface area contributed by atoms with Crippen LogP contribution in [0.4, 0.5) is 0 Å². The van der Waals surface area contributed by atoms with E-state index in [4.69, 9.17) is 4.74 Å². The summed E-state index contributed by atoms with van der Waals surface area (Å²) in [5.41, 5.74) is 1.33. The number of hydrogen-bond acceptors (Lipinski definition) is 3. The fourth-order valence-corrected chi connectivity index (χ4v) is 1.99. The van der Waals surface area contributed by atoms with E-state index in [1.54, 1.807) is 6.20 Å². The highest BCUT2D eigenvalue weighted by Gasteiger charge is 2.25. The van der Waals surface area contributed by atoms with E-state index in [2.05, 4.69) is 44.1 Å². The van der Waals surface area contributed by atoms with Gasteiger partial charge in [-0.15, -0.1) is 0 Å². The third-order valence-electron chi connectivity index (χ3n) is 2.70. The molecule has 17 heavy (non-hydrogen) atoms. The van der Waals surface area contributed by atoms with E-state index in [1.807, 2.05) is 13.2 Å². The SMILES string of the molecule is CCCOc1cncc(C(NC)C(C)(C)C)c1. The molecule has 1 aromatic rings. The van der Waals surface area contributed by atoms with Crippen molar-refractivity contribution < 1.29 is 4.74 Å². The molecule has 0 saturated carbocycles. The minimum absolute atomic E-state index is 0.153. The average Bonchev–Trinajstić information content (AvgIpc) is 2.26. The third-order valence-corrected chi connectivity index (χ3v) is 2.70. The molecule has 3 heteroatoms. The molecule has 1 heterocycles. The number of nitrogens with zero attached hydrogens (tertiary/aromatic N) is 1. The predicted molar refractivity (Wildman–Crippen MR) is 71.3 cm³/mol. The third kappa shape index (κ3) is 4.00. The van der Waals surface area contributed by atoms with Gasteiger partial charge in [0.25, 0.3) is 0 Å². The molecule has 0 amide bonds. The van der Waals surface area contributed by atoms with Crippen molar-refractivity contribution in [1.29, 1.82) is 0 Å². The standard InChI is InChI=1S/C14H24N2O/c1-6-7-17-12-8-11(9-16-10-12)13(15-5)14(2,3)4/h8-10,13,15H,6-7H2,1-5H3. The van der Waals surface area contributed by atoms with Crippen LogP contribution in [0.3, 0.4) is 0 Å². The zero-order valence-corrected chi connectivity index (χ0v) is 11.6. The van der Waals surface area contributed by atoms with E-state index in [0.717, 1.165) is 18.8 Å². The van der Waals surface area contributed by atoms with Crippen LogP contribution in [-0.2, 0) is 0 Å². The summed E-state index contributed by atoms with van der Waals surface area (Å²) in [5, 5.41) is 3.35. The lowest BCUT2D eigenvalue weighted by molar-refractivity contribution is 0.283. The van der Waals surface area contributed by atoms with Gasteiger partial charge in [-0.05, 0) is 30.5 Å². The Hall–Kier alpha value is -1.09. The van der Waals surface area contributed by atoms with Crippen LogP contribution in [0, 0.1) is 5.41 Å². The fraction of sp³-hybridized carbons (Fsp3) is 0.643. The summed E-state index contributed by atoms with van der Waals surface area (Å²) < 4.78 is 5.61. The second-order valence-corrected chi connectivity index (χ2v) is 5.39. The van der Waals surface area contributed by atoms with Crippen LogP contribution in [0.5, 0.6) is 5.75 Å². The Bertz CT molecular complexity index is 344. The van der Waals surface area contributed by atoms with E-state index < -0.39 is 0 Å². The first-order chi connectivity index (χ1) is 7.99. The molecule has 1 atom stereocenters. The van der Waals surface area contributed by atoms with Gasteiger partial charge in [0, 0.05) is 12.2 Å². The monoisotopic (exact) mass is 236 g/mol. The summed E-state index contributed by atoms with van der Waals surface area (Å²) in [6.07, 6.45) is 4.69. The van der Waals surface area contributed by atoms with E-state index in [1.165, 1.54) is 5.56 Å². The van der Waals surface area contributed by atoms with Crippen LogP contribution in [0.25, 0.3) is 0 Å². The molecule has 1 unspecified atom stereocenters. The lowest BCUT2D eigenvalue weighted by Crippen LogP contribution is -2.29. The van der Waals surface area contributed by atoms with Crippen molar-refractivity contribution >= 4 is 0 Å². The van der Waals surface area contributed by atoms with Crippen LogP contribution in [0.15, 0.2) is 18.5 Å². The molecule has 0 radical (unpaired) electrons. The number of rotatable bonds is 5. The molecule has 0 spiro atoms. The van der Waals surface area contributed by atoms with Gasteiger partial charge in [0.1, 0.15) is 5.75 Å². The van der Waals surface area contributed by atoms with Crippen LogP contribution < -0.4 is 10.1 Å². The van der Waals surface area contributed by atoms with Crippen LogP contribution in [-0.4, -0.2) is 18.6 Å². The first-order valence-electron chi connectivity index (χ1n) is 6.24. The molecule has 0 aliphatic heterocycles. The maximum Gasteiger partial charge on any atom is 0.137 e. The highest BCUT2D eigenvalue weighted by molar-refractivity contribution is 5.27. The van der Waals surface area contributed by atoms with Gasteiger partial charge in [0.05, 0.1) is 12.8 Å². The topological polar surface area (TPSA) is 34.1 Å². The normalized spacial score (nSPS) is 13.5. The summed E-state index contributed by atoms with van der Waals surface area (Å²) in [6.45, 7) is 9.49. The van der Waals surface area contributed by atoms with Crippen molar-refractivity contribution in [1.82, 2.24) is 10.3 Å². The van der Waals surface area contributed by atoms with Crippen molar-refractivity contribution in [2.24, 2.45) is 5.41 Å². The minimum atomic E-state index is 0.153. The molecule has 0 aliphatic rings. The van der Waals surface area contributed by atoms with Gasteiger partial charge >= 0.3 is 0 Å². The largest absolute Gasteiger partial charge is 0.492 e. The number of pyridine rings is 1. The fourth-order valence-electron chi connectivity index (χ4n) is 1.99. The van der Waals surface area contributed by atoms with Crippen LogP contribution in [0.2, 0.25) is 0 Å². The lowest BCUT2D eigenvalue weighted by Gasteiger charge is -2.30. The van der Waals surface area contributed by atoms with E-state index in [-0.39, 0.29) is 11.5 Å². The number of aromatic nitrogens is 1. The first kappa shape index (κ1) is 14.0. The molecule has 1 N–H and O–H groups in total. The molecule has 0 saturated heterocycles. The van der Waals surface area contributed by atoms with Gasteiger partial charge in [-0.25, -0.2) is 0 Å². The summed E-state index contributed by atoms with van der Waals surface area (Å²) in [4.78, 5) is 4.25. The number of hydrogen-bond donors (Lipinski definition) is 1. The molecule has 0 fully saturated rings. The second kappa shape index (κ2) is 6.01. The summed E-state index contributed by atoms with van der Waals surface area (Å²) in [6, 6.07) is 2.36. The molecule has 0 aliphatic carbocycles. The van der Waals surface area contributed by atoms with Gasteiger partial charge in [0.2, 0.25) is 0 Å². The van der Waals surface area contributed by atoms with Gasteiger partial charge in [-0.3, -0.25) is 4.98 Å². The molecule has 0 bridgehead atoms. The maximum absolute atomic E-state index is 5.61. The second-order valence-electron chi connectivity index (χ2n) is 5.39. The minimum Gasteiger partial charge on any atom is -0.492 e.